The van der Waals surface area contributed by atoms with Gasteiger partial charge in [-0.2, -0.15) is 0 Å². The highest BCUT2D eigenvalue weighted by Crippen LogP contribution is 2.38. The zero-order chi connectivity index (χ0) is 15.3. The standard InChI is InChI=1S/C17H11ClN2O2/c18-13-8-12(11-2-1-5-19-16(11)17(13)22)15-7-9-6-10(21)3-4-14(9)20-15/h1-8,20-22H. The van der Waals surface area contributed by atoms with Crippen LogP contribution in [0.15, 0.2) is 48.7 Å². The molecule has 0 aliphatic rings. The maximum atomic E-state index is 10.1. The summed E-state index contributed by atoms with van der Waals surface area (Å²) in [6.07, 6.45) is 1.62. The minimum atomic E-state index is -0.0187. The largest absolute Gasteiger partial charge is 0.508 e. The molecular weight excluding hydrogens is 300 g/mol. The molecule has 4 rings (SSSR count). The summed E-state index contributed by atoms with van der Waals surface area (Å²) >= 11 is 6.12. The van der Waals surface area contributed by atoms with Crippen molar-refractivity contribution in [2.75, 3.05) is 0 Å². The van der Waals surface area contributed by atoms with Gasteiger partial charge in [0, 0.05) is 33.7 Å². The number of nitrogens with one attached hydrogen (secondary N) is 1. The first-order chi connectivity index (χ1) is 10.6. The van der Waals surface area contributed by atoms with E-state index < -0.39 is 0 Å². The van der Waals surface area contributed by atoms with Gasteiger partial charge < -0.3 is 15.2 Å². The maximum Gasteiger partial charge on any atom is 0.160 e. The van der Waals surface area contributed by atoms with Gasteiger partial charge in [0.15, 0.2) is 5.75 Å². The van der Waals surface area contributed by atoms with E-state index >= 15 is 0 Å². The van der Waals surface area contributed by atoms with Gasteiger partial charge in [-0.3, -0.25) is 4.98 Å². The van der Waals surface area contributed by atoms with E-state index in [1.54, 1.807) is 24.4 Å². The molecule has 4 aromatic rings. The number of pyridine rings is 1. The SMILES string of the molecule is Oc1ccc2[nH]c(-c3cc(Cl)c(O)c4ncccc34)cc2c1. The molecule has 0 atom stereocenters. The Bertz CT molecular complexity index is 1020. The predicted molar refractivity (Wildman–Crippen MR) is 87.4 cm³/mol. The molecule has 4 nitrogen and oxygen atoms in total. The quantitative estimate of drug-likeness (QED) is 0.486. The average Bonchev–Trinajstić information content (AvgIpc) is 2.93. The van der Waals surface area contributed by atoms with Gasteiger partial charge in [-0.15, -0.1) is 0 Å². The van der Waals surface area contributed by atoms with Crippen LogP contribution in [0.3, 0.4) is 0 Å². The van der Waals surface area contributed by atoms with Gasteiger partial charge in [0.1, 0.15) is 11.3 Å². The Kier molecular flexibility index (Phi) is 2.74. The molecule has 0 fully saturated rings. The van der Waals surface area contributed by atoms with Crippen molar-refractivity contribution in [3.8, 4) is 22.8 Å². The lowest BCUT2D eigenvalue weighted by Gasteiger charge is -2.07. The third-order valence-corrected chi connectivity index (χ3v) is 4.00. The van der Waals surface area contributed by atoms with Crippen LogP contribution in [0.2, 0.25) is 5.02 Å². The average molecular weight is 311 g/mol. The van der Waals surface area contributed by atoms with Crippen LogP contribution >= 0.6 is 11.6 Å². The number of aromatic amines is 1. The topological polar surface area (TPSA) is 69.1 Å². The van der Waals surface area contributed by atoms with Crippen molar-refractivity contribution in [1.29, 1.82) is 0 Å². The molecule has 0 aliphatic carbocycles. The lowest BCUT2D eigenvalue weighted by Crippen LogP contribution is -1.86. The molecular formula is C17H11ClN2O2. The number of aromatic nitrogens is 2. The number of phenolic OH excluding ortho intramolecular Hbond substituents is 2. The molecule has 0 bridgehead atoms. The monoisotopic (exact) mass is 310 g/mol. The van der Waals surface area contributed by atoms with Crippen LogP contribution in [0.25, 0.3) is 33.1 Å². The van der Waals surface area contributed by atoms with Crippen molar-refractivity contribution in [2.24, 2.45) is 0 Å². The van der Waals surface area contributed by atoms with E-state index in [2.05, 4.69) is 9.97 Å². The number of H-pyrrole nitrogens is 1. The molecule has 108 valence electrons. The minimum absolute atomic E-state index is 0.0187. The van der Waals surface area contributed by atoms with E-state index in [4.69, 9.17) is 11.6 Å². The summed E-state index contributed by atoms with van der Waals surface area (Å²) in [7, 11) is 0. The van der Waals surface area contributed by atoms with Crippen molar-refractivity contribution < 1.29 is 10.2 Å². The second-order valence-corrected chi connectivity index (χ2v) is 5.52. The van der Waals surface area contributed by atoms with Crippen molar-refractivity contribution >= 4 is 33.4 Å². The van der Waals surface area contributed by atoms with Gasteiger partial charge in [-0.1, -0.05) is 17.7 Å². The number of fused-ring (bicyclic) bond motifs is 2. The number of aromatic hydroxyl groups is 2. The van der Waals surface area contributed by atoms with Crippen LogP contribution < -0.4 is 0 Å². The van der Waals surface area contributed by atoms with Gasteiger partial charge in [-0.05, 0) is 36.4 Å². The highest BCUT2D eigenvalue weighted by molar-refractivity contribution is 6.33. The highest BCUT2D eigenvalue weighted by atomic mass is 35.5. The fourth-order valence-electron chi connectivity index (χ4n) is 2.69. The summed E-state index contributed by atoms with van der Waals surface area (Å²) in [6.45, 7) is 0. The van der Waals surface area contributed by atoms with Crippen LogP contribution in [0.5, 0.6) is 11.5 Å². The molecule has 2 aromatic carbocycles. The number of rotatable bonds is 1. The lowest BCUT2D eigenvalue weighted by molar-refractivity contribution is 0.476. The molecule has 0 spiro atoms. The van der Waals surface area contributed by atoms with Crippen LogP contribution in [-0.4, -0.2) is 20.2 Å². The molecule has 2 heterocycles. The van der Waals surface area contributed by atoms with E-state index in [1.807, 2.05) is 24.3 Å². The molecule has 0 amide bonds. The van der Waals surface area contributed by atoms with E-state index in [1.165, 1.54) is 0 Å². The molecule has 2 aromatic heterocycles. The molecule has 0 unspecified atom stereocenters. The summed E-state index contributed by atoms with van der Waals surface area (Å²) in [5.74, 6) is 0.197. The van der Waals surface area contributed by atoms with Crippen molar-refractivity contribution in [1.82, 2.24) is 9.97 Å². The lowest BCUT2D eigenvalue weighted by atomic mass is 10.0. The van der Waals surface area contributed by atoms with E-state index in [9.17, 15) is 10.2 Å². The van der Waals surface area contributed by atoms with Crippen LogP contribution in [0.1, 0.15) is 0 Å². The van der Waals surface area contributed by atoms with Gasteiger partial charge in [0.25, 0.3) is 0 Å². The first kappa shape index (κ1) is 13.0. The third kappa shape index (κ3) is 1.89. The van der Waals surface area contributed by atoms with Crippen molar-refractivity contribution in [3.05, 3.63) is 53.7 Å². The molecule has 3 N–H and O–H groups in total. The Morgan fingerprint density at radius 3 is 2.77 bits per heavy atom. The van der Waals surface area contributed by atoms with Crippen LogP contribution in [-0.2, 0) is 0 Å². The highest BCUT2D eigenvalue weighted by Gasteiger charge is 2.14. The number of nitrogens with zero attached hydrogens (tertiary/aromatic N) is 1. The number of hydrogen-bond donors (Lipinski definition) is 3. The second kappa shape index (κ2) is 4.64. The molecule has 0 radical (unpaired) electrons. The fourth-order valence-corrected chi connectivity index (χ4v) is 2.88. The third-order valence-electron chi connectivity index (χ3n) is 3.71. The van der Waals surface area contributed by atoms with E-state index in [0.717, 1.165) is 27.5 Å². The Labute approximate surface area is 130 Å². The zero-order valence-corrected chi connectivity index (χ0v) is 12.1. The maximum absolute atomic E-state index is 10.1. The fraction of sp³-hybridized carbons (Fsp3) is 0. The molecule has 0 saturated carbocycles. The van der Waals surface area contributed by atoms with Crippen molar-refractivity contribution in [2.45, 2.75) is 0 Å². The summed E-state index contributed by atoms with van der Waals surface area (Å²) in [5, 5.41) is 21.6. The molecule has 0 aliphatic heterocycles. The second-order valence-electron chi connectivity index (χ2n) is 5.11. The summed E-state index contributed by atoms with van der Waals surface area (Å²) in [5.41, 5.74) is 3.07. The van der Waals surface area contributed by atoms with Crippen LogP contribution in [0.4, 0.5) is 0 Å². The van der Waals surface area contributed by atoms with Gasteiger partial charge in [0.05, 0.1) is 5.02 Å². The number of halogens is 1. The minimum Gasteiger partial charge on any atom is -0.508 e. The Morgan fingerprint density at radius 1 is 1.05 bits per heavy atom. The summed E-state index contributed by atoms with van der Waals surface area (Å²) < 4.78 is 0. The smallest absolute Gasteiger partial charge is 0.160 e. The molecule has 0 saturated heterocycles. The predicted octanol–water partition coefficient (Wildman–Crippen LogP) is 4.45. The van der Waals surface area contributed by atoms with Gasteiger partial charge >= 0.3 is 0 Å². The summed E-state index contributed by atoms with van der Waals surface area (Å²) in [6, 6.07) is 12.5. The van der Waals surface area contributed by atoms with Gasteiger partial charge in [0.2, 0.25) is 0 Å². The number of phenols is 2. The first-order valence-corrected chi connectivity index (χ1v) is 7.09. The summed E-state index contributed by atoms with van der Waals surface area (Å²) in [4.78, 5) is 7.51. The van der Waals surface area contributed by atoms with Crippen LogP contribution in [0, 0.1) is 0 Å². The molecule has 22 heavy (non-hydrogen) atoms. The van der Waals surface area contributed by atoms with E-state index in [0.29, 0.717) is 5.52 Å². The Hall–Kier alpha value is -2.72. The first-order valence-electron chi connectivity index (χ1n) is 6.72. The molecule has 5 heteroatoms. The zero-order valence-electron chi connectivity index (χ0n) is 11.3. The number of benzene rings is 2. The number of hydrogen-bond acceptors (Lipinski definition) is 3. The Morgan fingerprint density at radius 2 is 1.91 bits per heavy atom. The Balaban J connectivity index is 2.05. The van der Waals surface area contributed by atoms with E-state index in [-0.39, 0.29) is 16.5 Å². The van der Waals surface area contributed by atoms with Crippen molar-refractivity contribution in [3.63, 3.8) is 0 Å². The normalized spacial score (nSPS) is 11.3. The van der Waals surface area contributed by atoms with Gasteiger partial charge in [-0.25, -0.2) is 0 Å².